The van der Waals surface area contributed by atoms with Crippen molar-refractivity contribution in [1.82, 2.24) is 9.97 Å². The summed E-state index contributed by atoms with van der Waals surface area (Å²) in [6.07, 6.45) is 3.35. The van der Waals surface area contributed by atoms with E-state index in [1.165, 1.54) is 0 Å². The molecular formula is C11H8Cl2N2. The van der Waals surface area contributed by atoms with E-state index >= 15 is 0 Å². The molecule has 0 bridgehead atoms. The van der Waals surface area contributed by atoms with Gasteiger partial charge in [-0.2, -0.15) is 0 Å². The molecule has 0 saturated heterocycles. The van der Waals surface area contributed by atoms with Crippen molar-refractivity contribution >= 4 is 23.2 Å². The average molecular weight is 239 g/mol. The molecule has 4 heteroatoms. The van der Waals surface area contributed by atoms with Gasteiger partial charge in [0.1, 0.15) is 0 Å². The molecule has 0 saturated carbocycles. The lowest BCUT2D eigenvalue weighted by Gasteiger charge is -2.02. The highest BCUT2D eigenvalue weighted by Gasteiger charge is 2.02. The summed E-state index contributed by atoms with van der Waals surface area (Å²) in [6, 6.07) is 5.47. The highest BCUT2D eigenvalue weighted by molar-refractivity contribution is 6.31. The Labute approximate surface area is 97.9 Å². The number of hydrogen-bond donors (Lipinski definition) is 0. The van der Waals surface area contributed by atoms with Gasteiger partial charge in [-0.3, -0.25) is 9.97 Å². The van der Waals surface area contributed by atoms with Gasteiger partial charge in [0.15, 0.2) is 0 Å². The van der Waals surface area contributed by atoms with E-state index in [0.29, 0.717) is 10.0 Å². The molecule has 0 unspecified atom stereocenters. The standard InChI is InChI=1S/C11H8Cl2N2/c1-7-10(13)4-8(5-14-7)11-3-2-9(12)6-15-11/h2-6H,1H3. The third-order valence-electron chi connectivity index (χ3n) is 2.05. The molecule has 0 aliphatic rings. The first kappa shape index (κ1) is 10.4. The van der Waals surface area contributed by atoms with Crippen molar-refractivity contribution in [3.63, 3.8) is 0 Å². The second kappa shape index (κ2) is 4.17. The van der Waals surface area contributed by atoms with Crippen LogP contribution < -0.4 is 0 Å². The summed E-state index contributed by atoms with van der Waals surface area (Å²) in [7, 11) is 0. The largest absolute Gasteiger partial charge is 0.259 e. The van der Waals surface area contributed by atoms with Crippen LogP contribution in [0.4, 0.5) is 0 Å². The quantitative estimate of drug-likeness (QED) is 0.757. The van der Waals surface area contributed by atoms with Crippen LogP contribution >= 0.6 is 23.2 Å². The van der Waals surface area contributed by atoms with Crippen molar-refractivity contribution in [3.05, 3.63) is 46.3 Å². The second-order valence-corrected chi connectivity index (χ2v) is 4.00. The summed E-state index contributed by atoms with van der Waals surface area (Å²) in [5, 5.41) is 1.26. The van der Waals surface area contributed by atoms with Crippen LogP contribution in [-0.4, -0.2) is 9.97 Å². The maximum Gasteiger partial charge on any atom is 0.0719 e. The summed E-state index contributed by atoms with van der Waals surface area (Å²) in [6.45, 7) is 1.86. The van der Waals surface area contributed by atoms with Crippen LogP contribution in [0.3, 0.4) is 0 Å². The Morgan fingerprint density at radius 3 is 2.47 bits per heavy atom. The third-order valence-corrected chi connectivity index (χ3v) is 2.65. The molecule has 0 radical (unpaired) electrons. The molecule has 2 heterocycles. The van der Waals surface area contributed by atoms with Gasteiger partial charge >= 0.3 is 0 Å². The monoisotopic (exact) mass is 238 g/mol. The van der Waals surface area contributed by atoms with E-state index in [2.05, 4.69) is 9.97 Å². The Balaban J connectivity index is 2.45. The van der Waals surface area contributed by atoms with Crippen LogP contribution in [0.2, 0.25) is 10.0 Å². The lowest BCUT2D eigenvalue weighted by Crippen LogP contribution is -1.87. The van der Waals surface area contributed by atoms with E-state index in [1.807, 2.05) is 19.1 Å². The second-order valence-electron chi connectivity index (χ2n) is 3.15. The fraction of sp³-hybridized carbons (Fsp3) is 0.0909. The number of aryl methyl sites for hydroxylation is 1. The highest BCUT2D eigenvalue weighted by Crippen LogP contribution is 2.22. The molecule has 0 aliphatic carbocycles. The first-order chi connectivity index (χ1) is 7.16. The SMILES string of the molecule is Cc1ncc(-c2ccc(Cl)cn2)cc1Cl. The molecule has 0 N–H and O–H groups in total. The fourth-order valence-corrected chi connectivity index (χ4v) is 1.47. The van der Waals surface area contributed by atoms with Crippen molar-refractivity contribution < 1.29 is 0 Å². The number of nitrogens with zero attached hydrogens (tertiary/aromatic N) is 2. The number of aromatic nitrogens is 2. The number of halogens is 2. The molecule has 0 amide bonds. The van der Waals surface area contributed by atoms with E-state index in [1.54, 1.807) is 18.5 Å². The summed E-state index contributed by atoms with van der Waals surface area (Å²) in [5.41, 5.74) is 2.52. The van der Waals surface area contributed by atoms with E-state index in [9.17, 15) is 0 Å². The predicted molar refractivity (Wildman–Crippen MR) is 62.2 cm³/mol. The van der Waals surface area contributed by atoms with Crippen molar-refractivity contribution in [1.29, 1.82) is 0 Å². The normalized spacial score (nSPS) is 10.3. The van der Waals surface area contributed by atoms with E-state index in [0.717, 1.165) is 17.0 Å². The zero-order chi connectivity index (χ0) is 10.8. The van der Waals surface area contributed by atoms with E-state index < -0.39 is 0 Å². The summed E-state index contributed by atoms with van der Waals surface area (Å²) >= 11 is 11.7. The predicted octanol–water partition coefficient (Wildman–Crippen LogP) is 3.76. The molecule has 15 heavy (non-hydrogen) atoms. The Bertz CT molecular complexity index is 480. The first-order valence-electron chi connectivity index (χ1n) is 4.41. The molecule has 2 rings (SSSR count). The highest BCUT2D eigenvalue weighted by atomic mass is 35.5. The van der Waals surface area contributed by atoms with Gasteiger partial charge in [-0.15, -0.1) is 0 Å². The Morgan fingerprint density at radius 2 is 1.87 bits per heavy atom. The maximum absolute atomic E-state index is 5.98. The molecule has 2 nitrogen and oxygen atoms in total. The van der Waals surface area contributed by atoms with Crippen molar-refractivity contribution in [2.45, 2.75) is 6.92 Å². The van der Waals surface area contributed by atoms with Gasteiger partial charge < -0.3 is 0 Å². The minimum atomic E-state index is 0.616. The summed E-state index contributed by atoms with van der Waals surface area (Å²) in [4.78, 5) is 8.36. The molecule has 76 valence electrons. The maximum atomic E-state index is 5.98. The minimum Gasteiger partial charge on any atom is -0.259 e. The Kier molecular flexibility index (Phi) is 2.89. The number of pyridine rings is 2. The Morgan fingerprint density at radius 1 is 1.07 bits per heavy atom. The van der Waals surface area contributed by atoms with Crippen molar-refractivity contribution in [2.24, 2.45) is 0 Å². The van der Waals surface area contributed by atoms with Gasteiger partial charge in [-0.25, -0.2) is 0 Å². The van der Waals surface area contributed by atoms with Crippen LogP contribution in [0, 0.1) is 6.92 Å². The topological polar surface area (TPSA) is 25.8 Å². The van der Waals surface area contributed by atoms with Crippen molar-refractivity contribution in [2.75, 3.05) is 0 Å². The summed E-state index contributed by atoms with van der Waals surface area (Å²) < 4.78 is 0. The van der Waals surface area contributed by atoms with Crippen molar-refractivity contribution in [3.8, 4) is 11.3 Å². The molecule has 0 fully saturated rings. The van der Waals surface area contributed by atoms with Gasteiger partial charge in [-0.1, -0.05) is 23.2 Å². The molecule has 0 aliphatic heterocycles. The number of hydrogen-bond acceptors (Lipinski definition) is 2. The van der Waals surface area contributed by atoms with Crippen LogP contribution in [0.1, 0.15) is 5.69 Å². The Hall–Kier alpha value is -1.12. The molecule has 2 aromatic rings. The molecule has 0 aromatic carbocycles. The first-order valence-corrected chi connectivity index (χ1v) is 5.16. The molecule has 0 spiro atoms. The number of rotatable bonds is 1. The zero-order valence-electron chi connectivity index (χ0n) is 8.04. The molecular weight excluding hydrogens is 231 g/mol. The van der Waals surface area contributed by atoms with Gasteiger partial charge in [0.2, 0.25) is 0 Å². The lowest BCUT2D eigenvalue weighted by molar-refractivity contribution is 1.19. The van der Waals surface area contributed by atoms with Crippen LogP contribution in [0.5, 0.6) is 0 Å². The lowest BCUT2D eigenvalue weighted by atomic mass is 10.2. The summed E-state index contributed by atoms with van der Waals surface area (Å²) in [5.74, 6) is 0. The third kappa shape index (κ3) is 2.28. The van der Waals surface area contributed by atoms with Gasteiger partial charge in [0.25, 0.3) is 0 Å². The molecule has 2 aromatic heterocycles. The van der Waals surface area contributed by atoms with Gasteiger partial charge in [-0.05, 0) is 25.1 Å². The zero-order valence-corrected chi connectivity index (χ0v) is 9.55. The van der Waals surface area contributed by atoms with Crippen LogP contribution in [-0.2, 0) is 0 Å². The van der Waals surface area contributed by atoms with Crippen LogP contribution in [0.15, 0.2) is 30.6 Å². The smallest absolute Gasteiger partial charge is 0.0719 e. The minimum absolute atomic E-state index is 0.616. The van der Waals surface area contributed by atoms with Gasteiger partial charge in [0.05, 0.1) is 21.4 Å². The fourth-order valence-electron chi connectivity index (χ4n) is 1.19. The van der Waals surface area contributed by atoms with E-state index in [-0.39, 0.29) is 0 Å². The van der Waals surface area contributed by atoms with Crippen LogP contribution in [0.25, 0.3) is 11.3 Å². The molecule has 0 atom stereocenters. The average Bonchev–Trinajstić information content (AvgIpc) is 2.23. The van der Waals surface area contributed by atoms with E-state index in [4.69, 9.17) is 23.2 Å². The van der Waals surface area contributed by atoms with Gasteiger partial charge in [0, 0.05) is 18.0 Å².